The predicted octanol–water partition coefficient (Wildman–Crippen LogP) is 1.38. The zero-order valence-corrected chi connectivity index (χ0v) is 6.40. The van der Waals surface area contributed by atoms with Crippen LogP contribution in [-0.4, -0.2) is 24.5 Å². The van der Waals surface area contributed by atoms with E-state index in [4.69, 9.17) is 16.4 Å². The molecule has 0 N–H and O–H groups in total. The summed E-state index contributed by atoms with van der Waals surface area (Å²) in [5, 5.41) is 1.77. The quantitative estimate of drug-likeness (QED) is 0.520. The van der Waals surface area contributed by atoms with Crippen molar-refractivity contribution >= 4 is 11.6 Å². The van der Waals surface area contributed by atoms with Gasteiger partial charge in [-0.05, 0) is 6.92 Å². The fraction of sp³-hybridized carbons (Fsp3) is 0.667. The van der Waals surface area contributed by atoms with Crippen molar-refractivity contribution in [3.8, 4) is 0 Å². The van der Waals surface area contributed by atoms with Crippen molar-refractivity contribution in [1.29, 1.82) is 0 Å². The lowest BCUT2D eigenvalue weighted by Gasteiger charge is -2.06. The van der Waals surface area contributed by atoms with Gasteiger partial charge in [0.2, 0.25) is 0 Å². The van der Waals surface area contributed by atoms with Crippen LogP contribution in [0.2, 0.25) is 0 Å². The molecule has 9 heavy (non-hydrogen) atoms. The van der Waals surface area contributed by atoms with Crippen LogP contribution in [-0.2, 0) is 4.84 Å². The van der Waals surface area contributed by atoms with Crippen molar-refractivity contribution in [1.82, 2.24) is 5.06 Å². The molecule has 1 aliphatic rings. The molecule has 0 aromatic rings. The van der Waals surface area contributed by atoms with Crippen LogP contribution in [0, 0.1) is 0 Å². The highest BCUT2D eigenvalue weighted by molar-refractivity contribution is 6.19. The summed E-state index contributed by atoms with van der Waals surface area (Å²) >= 11 is 5.60. The largest absolute Gasteiger partial charge is 0.411 e. The van der Waals surface area contributed by atoms with Gasteiger partial charge in [-0.2, -0.15) is 0 Å². The van der Waals surface area contributed by atoms with E-state index in [1.165, 1.54) is 5.57 Å². The standard InChI is InChI=1S/C6H10ClNO/c1-5-6(3-7)4-8(2)9-5/h3-4H2,1-2H3. The van der Waals surface area contributed by atoms with E-state index in [1.807, 2.05) is 14.0 Å². The molecule has 1 aliphatic heterocycles. The maximum Gasteiger partial charge on any atom is 0.123 e. The van der Waals surface area contributed by atoms with E-state index in [0.29, 0.717) is 5.88 Å². The topological polar surface area (TPSA) is 12.5 Å². The summed E-state index contributed by atoms with van der Waals surface area (Å²) in [5.74, 6) is 1.53. The molecule has 0 atom stereocenters. The summed E-state index contributed by atoms with van der Waals surface area (Å²) in [7, 11) is 1.89. The third kappa shape index (κ3) is 1.37. The minimum Gasteiger partial charge on any atom is -0.411 e. The smallest absolute Gasteiger partial charge is 0.123 e. The Labute approximate surface area is 60.0 Å². The fourth-order valence-corrected chi connectivity index (χ4v) is 1.12. The van der Waals surface area contributed by atoms with Crippen LogP contribution in [0.5, 0.6) is 0 Å². The molecule has 0 aromatic heterocycles. The van der Waals surface area contributed by atoms with E-state index >= 15 is 0 Å². The van der Waals surface area contributed by atoms with Crippen molar-refractivity contribution in [3.63, 3.8) is 0 Å². The van der Waals surface area contributed by atoms with Crippen molar-refractivity contribution in [2.75, 3.05) is 19.5 Å². The first kappa shape index (κ1) is 6.90. The molecular weight excluding hydrogens is 138 g/mol. The van der Waals surface area contributed by atoms with Crippen molar-refractivity contribution in [2.24, 2.45) is 0 Å². The summed E-state index contributed by atoms with van der Waals surface area (Å²) in [6.07, 6.45) is 0. The van der Waals surface area contributed by atoms with E-state index in [1.54, 1.807) is 5.06 Å². The Morgan fingerprint density at radius 2 is 2.44 bits per heavy atom. The maximum absolute atomic E-state index is 5.60. The van der Waals surface area contributed by atoms with Crippen LogP contribution in [0.1, 0.15) is 6.92 Å². The molecule has 0 aliphatic carbocycles. The van der Waals surface area contributed by atoms with Gasteiger partial charge in [-0.15, -0.1) is 16.7 Å². The average Bonchev–Trinajstić information content (AvgIpc) is 2.10. The van der Waals surface area contributed by atoms with Crippen LogP contribution in [0.3, 0.4) is 0 Å². The zero-order chi connectivity index (χ0) is 6.85. The van der Waals surface area contributed by atoms with Gasteiger partial charge < -0.3 is 4.84 Å². The summed E-state index contributed by atoms with van der Waals surface area (Å²) < 4.78 is 0. The molecule has 3 heteroatoms. The Hall–Kier alpha value is -0.210. The number of likely N-dealkylation sites (N-methyl/N-ethyl adjacent to an activating group) is 1. The molecule has 0 radical (unpaired) electrons. The summed E-state index contributed by atoms with van der Waals surface area (Å²) in [4.78, 5) is 5.19. The highest BCUT2D eigenvalue weighted by atomic mass is 35.5. The number of hydroxylamine groups is 2. The summed E-state index contributed by atoms with van der Waals surface area (Å²) in [6.45, 7) is 2.77. The molecule has 1 rings (SSSR count). The molecule has 0 aromatic carbocycles. The van der Waals surface area contributed by atoms with Gasteiger partial charge in [0, 0.05) is 18.5 Å². The second-order valence-corrected chi connectivity index (χ2v) is 2.44. The van der Waals surface area contributed by atoms with Crippen LogP contribution in [0.25, 0.3) is 0 Å². The van der Waals surface area contributed by atoms with Crippen LogP contribution in [0.4, 0.5) is 0 Å². The zero-order valence-electron chi connectivity index (χ0n) is 5.65. The van der Waals surface area contributed by atoms with Gasteiger partial charge in [0.15, 0.2) is 0 Å². The Morgan fingerprint density at radius 3 is 2.67 bits per heavy atom. The highest BCUT2D eigenvalue weighted by Crippen LogP contribution is 2.17. The summed E-state index contributed by atoms with van der Waals surface area (Å²) in [5.41, 5.74) is 1.18. The van der Waals surface area contributed by atoms with Gasteiger partial charge in [-0.1, -0.05) is 0 Å². The van der Waals surface area contributed by atoms with Gasteiger partial charge in [0.05, 0.1) is 6.54 Å². The minimum atomic E-state index is 0.580. The van der Waals surface area contributed by atoms with Crippen LogP contribution < -0.4 is 0 Å². The summed E-state index contributed by atoms with van der Waals surface area (Å²) in [6, 6.07) is 0. The van der Waals surface area contributed by atoms with E-state index in [9.17, 15) is 0 Å². The number of alkyl halides is 1. The number of halogens is 1. The molecule has 0 saturated carbocycles. The van der Waals surface area contributed by atoms with Crippen LogP contribution >= 0.6 is 11.6 Å². The van der Waals surface area contributed by atoms with E-state index in [2.05, 4.69) is 0 Å². The molecule has 1 heterocycles. The normalized spacial score (nSPS) is 20.8. The van der Waals surface area contributed by atoms with Crippen molar-refractivity contribution < 1.29 is 4.84 Å². The number of rotatable bonds is 1. The maximum atomic E-state index is 5.60. The van der Waals surface area contributed by atoms with E-state index < -0.39 is 0 Å². The van der Waals surface area contributed by atoms with Gasteiger partial charge in [0.1, 0.15) is 5.76 Å². The Morgan fingerprint density at radius 1 is 1.78 bits per heavy atom. The Balaban J connectivity index is 2.58. The lowest BCUT2D eigenvalue weighted by atomic mass is 10.3. The minimum absolute atomic E-state index is 0.580. The van der Waals surface area contributed by atoms with E-state index in [0.717, 1.165) is 12.3 Å². The Bertz CT molecular complexity index is 144. The SMILES string of the molecule is CC1=C(CCl)CN(C)O1. The van der Waals surface area contributed by atoms with Gasteiger partial charge >= 0.3 is 0 Å². The first-order valence-electron chi connectivity index (χ1n) is 2.87. The number of nitrogens with zero attached hydrogens (tertiary/aromatic N) is 1. The highest BCUT2D eigenvalue weighted by Gasteiger charge is 2.15. The third-order valence-electron chi connectivity index (χ3n) is 1.37. The molecule has 0 bridgehead atoms. The second kappa shape index (κ2) is 2.58. The van der Waals surface area contributed by atoms with Gasteiger partial charge in [-0.25, -0.2) is 0 Å². The molecule has 0 amide bonds. The molecule has 0 saturated heterocycles. The number of hydrogen-bond donors (Lipinski definition) is 0. The Kier molecular flexibility index (Phi) is 1.98. The van der Waals surface area contributed by atoms with Gasteiger partial charge in [-0.3, -0.25) is 0 Å². The van der Waals surface area contributed by atoms with Crippen molar-refractivity contribution in [3.05, 3.63) is 11.3 Å². The number of hydrogen-bond acceptors (Lipinski definition) is 2. The second-order valence-electron chi connectivity index (χ2n) is 2.17. The predicted molar refractivity (Wildman–Crippen MR) is 37.1 cm³/mol. The average molecular weight is 148 g/mol. The van der Waals surface area contributed by atoms with Crippen molar-refractivity contribution in [2.45, 2.75) is 6.92 Å². The first-order valence-corrected chi connectivity index (χ1v) is 3.41. The molecule has 0 spiro atoms. The third-order valence-corrected chi connectivity index (χ3v) is 1.69. The van der Waals surface area contributed by atoms with Gasteiger partial charge in [0.25, 0.3) is 0 Å². The molecule has 52 valence electrons. The first-order chi connectivity index (χ1) is 4.24. The van der Waals surface area contributed by atoms with E-state index in [-0.39, 0.29) is 0 Å². The fourth-order valence-electron chi connectivity index (χ4n) is 0.847. The lowest BCUT2D eigenvalue weighted by molar-refractivity contribution is -0.0657. The monoisotopic (exact) mass is 147 g/mol. The molecule has 0 unspecified atom stereocenters. The molecule has 0 fully saturated rings. The van der Waals surface area contributed by atoms with Crippen LogP contribution in [0.15, 0.2) is 11.3 Å². The number of allylic oxidation sites excluding steroid dienone is 1. The molecule has 2 nitrogen and oxygen atoms in total. The lowest BCUT2D eigenvalue weighted by Crippen LogP contribution is -2.12. The molecular formula is C6H10ClNO.